The number of nitrogens with two attached hydrogens (primary N) is 1. The molecule has 0 aliphatic carbocycles. The number of urea groups is 1. The smallest absolute Gasteiger partial charge is 0.314 e. The third kappa shape index (κ3) is 4.67. The molecule has 0 radical (unpaired) electrons. The molecule has 1 aromatic rings. The van der Waals surface area contributed by atoms with Crippen molar-refractivity contribution in [2.45, 2.75) is 19.4 Å². The zero-order valence-electron chi connectivity index (χ0n) is 16.7. The second-order valence-corrected chi connectivity index (χ2v) is 7.41. The first-order valence-electron chi connectivity index (χ1n) is 9.78. The van der Waals surface area contributed by atoms with Gasteiger partial charge in [-0.3, -0.25) is 9.69 Å². The van der Waals surface area contributed by atoms with Crippen LogP contribution >= 0.6 is 0 Å². The van der Waals surface area contributed by atoms with Crippen molar-refractivity contribution in [3.8, 4) is 11.5 Å². The number of hydrogen-bond acceptors (Lipinski definition) is 5. The van der Waals surface area contributed by atoms with Crippen molar-refractivity contribution in [2.75, 3.05) is 53.5 Å². The third-order valence-corrected chi connectivity index (χ3v) is 5.62. The van der Waals surface area contributed by atoms with Crippen molar-refractivity contribution in [3.05, 3.63) is 23.8 Å². The minimum absolute atomic E-state index is 0.126. The van der Waals surface area contributed by atoms with Crippen LogP contribution in [0.4, 0.5) is 4.79 Å². The molecule has 2 N–H and O–H groups in total. The lowest BCUT2D eigenvalue weighted by Crippen LogP contribution is -2.53. The van der Waals surface area contributed by atoms with Crippen LogP contribution in [0, 0.1) is 5.92 Å². The van der Waals surface area contributed by atoms with E-state index in [-0.39, 0.29) is 11.8 Å². The monoisotopic (exact) mass is 390 g/mol. The summed E-state index contributed by atoms with van der Waals surface area (Å²) in [6, 6.07) is 5.52. The Kier molecular flexibility index (Phi) is 6.61. The van der Waals surface area contributed by atoms with E-state index < -0.39 is 6.03 Å². The summed E-state index contributed by atoms with van der Waals surface area (Å²) in [5.41, 5.74) is 6.53. The largest absolute Gasteiger partial charge is 0.493 e. The van der Waals surface area contributed by atoms with Crippen LogP contribution in [0.1, 0.15) is 18.4 Å². The highest BCUT2D eigenvalue weighted by Crippen LogP contribution is 2.28. The van der Waals surface area contributed by atoms with Crippen LogP contribution in [0.5, 0.6) is 11.5 Å². The second-order valence-electron chi connectivity index (χ2n) is 7.41. The van der Waals surface area contributed by atoms with Gasteiger partial charge in [0.25, 0.3) is 0 Å². The van der Waals surface area contributed by atoms with Gasteiger partial charge in [-0.1, -0.05) is 6.07 Å². The Hall–Kier alpha value is -2.48. The van der Waals surface area contributed by atoms with Crippen molar-refractivity contribution in [1.82, 2.24) is 14.7 Å². The Bertz CT molecular complexity index is 703. The number of carbonyl (C=O) groups is 2. The SMILES string of the molecule is COc1ccc(CN2CCN(C(=O)[C@@H]3CCCN(C(N)=O)C3)CC2)cc1OC. The molecule has 3 amide bonds. The van der Waals surface area contributed by atoms with E-state index in [2.05, 4.69) is 4.90 Å². The van der Waals surface area contributed by atoms with Crippen molar-refractivity contribution >= 4 is 11.9 Å². The molecular weight excluding hydrogens is 360 g/mol. The lowest BCUT2D eigenvalue weighted by Gasteiger charge is -2.38. The number of carbonyl (C=O) groups excluding carboxylic acids is 2. The highest BCUT2D eigenvalue weighted by Gasteiger charge is 2.32. The summed E-state index contributed by atoms with van der Waals surface area (Å²) in [5, 5.41) is 0. The Morgan fingerprint density at radius 3 is 2.39 bits per heavy atom. The molecule has 0 saturated carbocycles. The van der Waals surface area contributed by atoms with Crippen LogP contribution in [0.3, 0.4) is 0 Å². The molecule has 0 bridgehead atoms. The van der Waals surface area contributed by atoms with Crippen LogP contribution in [0.15, 0.2) is 18.2 Å². The maximum atomic E-state index is 12.8. The van der Waals surface area contributed by atoms with E-state index in [1.54, 1.807) is 19.1 Å². The highest BCUT2D eigenvalue weighted by atomic mass is 16.5. The van der Waals surface area contributed by atoms with Gasteiger partial charge >= 0.3 is 6.03 Å². The first-order valence-corrected chi connectivity index (χ1v) is 9.78. The highest BCUT2D eigenvalue weighted by molar-refractivity contribution is 5.80. The van der Waals surface area contributed by atoms with Gasteiger partial charge in [0.05, 0.1) is 20.1 Å². The predicted molar refractivity (Wildman–Crippen MR) is 105 cm³/mol. The fourth-order valence-corrected chi connectivity index (χ4v) is 4.00. The maximum Gasteiger partial charge on any atom is 0.314 e. The summed E-state index contributed by atoms with van der Waals surface area (Å²) in [5.74, 6) is 1.47. The van der Waals surface area contributed by atoms with E-state index in [0.29, 0.717) is 26.2 Å². The molecule has 2 fully saturated rings. The van der Waals surface area contributed by atoms with Gasteiger partial charge in [-0.2, -0.15) is 0 Å². The van der Waals surface area contributed by atoms with Gasteiger partial charge in [0, 0.05) is 45.8 Å². The minimum atomic E-state index is -0.433. The first kappa shape index (κ1) is 20.3. The van der Waals surface area contributed by atoms with Gasteiger partial charge in [0.15, 0.2) is 11.5 Å². The Labute approximate surface area is 166 Å². The molecular formula is C20H30N4O4. The summed E-state index contributed by atoms with van der Waals surface area (Å²) in [7, 11) is 3.26. The summed E-state index contributed by atoms with van der Waals surface area (Å²) >= 11 is 0. The van der Waals surface area contributed by atoms with Crippen molar-refractivity contribution < 1.29 is 19.1 Å². The number of piperazine rings is 1. The zero-order valence-corrected chi connectivity index (χ0v) is 16.7. The number of primary amides is 1. The molecule has 1 atom stereocenters. The number of amides is 3. The Morgan fingerprint density at radius 1 is 1.04 bits per heavy atom. The molecule has 2 aliphatic heterocycles. The van der Waals surface area contributed by atoms with Crippen molar-refractivity contribution in [3.63, 3.8) is 0 Å². The summed E-state index contributed by atoms with van der Waals surface area (Å²) < 4.78 is 10.7. The summed E-state index contributed by atoms with van der Waals surface area (Å²) in [4.78, 5) is 30.1. The van der Waals surface area contributed by atoms with Crippen molar-refractivity contribution in [1.29, 1.82) is 0 Å². The van der Waals surface area contributed by atoms with Gasteiger partial charge in [-0.05, 0) is 30.5 Å². The van der Waals surface area contributed by atoms with E-state index in [4.69, 9.17) is 15.2 Å². The van der Waals surface area contributed by atoms with Gasteiger partial charge in [0.1, 0.15) is 0 Å². The number of nitrogens with zero attached hydrogens (tertiary/aromatic N) is 3. The number of benzene rings is 1. The van der Waals surface area contributed by atoms with Crippen LogP contribution in [0.25, 0.3) is 0 Å². The average molecular weight is 390 g/mol. The molecule has 3 rings (SSSR count). The standard InChI is InChI=1S/C20H30N4O4/c1-27-17-6-5-15(12-18(17)28-2)13-22-8-10-23(11-9-22)19(25)16-4-3-7-24(14-16)20(21)26/h5-6,12,16H,3-4,7-11,13-14H2,1-2H3,(H2,21,26)/t16-/m1/s1. The molecule has 2 saturated heterocycles. The normalized spacial score (nSPS) is 20.7. The quantitative estimate of drug-likeness (QED) is 0.815. The molecule has 0 unspecified atom stereocenters. The van der Waals surface area contributed by atoms with Gasteiger partial charge < -0.3 is 25.0 Å². The van der Waals surface area contributed by atoms with E-state index in [1.165, 1.54) is 0 Å². The fourth-order valence-electron chi connectivity index (χ4n) is 4.00. The number of methoxy groups -OCH3 is 2. The van der Waals surface area contributed by atoms with Crippen LogP contribution in [-0.4, -0.2) is 80.1 Å². The molecule has 154 valence electrons. The zero-order chi connectivity index (χ0) is 20.1. The van der Waals surface area contributed by atoms with E-state index in [9.17, 15) is 9.59 Å². The number of likely N-dealkylation sites (tertiary alicyclic amines) is 1. The van der Waals surface area contributed by atoms with Gasteiger partial charge in [-0.15, -0.1) is 0 Å². The Balaban J connectivity index is 1.51. The van der Waals surface area contributed by atoms with E-state index in [1.807, 2.05) is 23.1 Å². The van der Waals surface area contributed by atoms with Crippen LogP contribution in [-0.2, 0) is 11.3 Å². The molecule has 28 heavy (non-hydrogen) atoms. The average Bonchev–Trinajstić information content (AvgIpc) is 2.73. The molecule has 1 aromatic carbocycles. The molecule has 0 spiro atoms. The second kappa shape index (κ2) is 9.14. The van der Waals surface area contributed by atoms with Gasteiger partial charge in [-0.25, -0.2) is 4.79 Å². The van der Waals surface area contributed by atoms with Crippen LogP contribution in [0.2, 0.25) is 0 Å². The summed E-state index contributed by atoms with van der Waals surface area (Å²) in [6.07, 6.45) is 1.66. The Morgan fingerprint density at radius 2 is 1.75 bits per heavy atom. The van der Waals surface area contributed by atoms with Crippen molar-refractivity contribution in [2.24, 2.45) is 11.7 Å². The molecule has 2 aliphatic rings. The third-order valence-electron chi connectivity index (χ3n) is 5.62. The maximum absolute atomic E-state index is 12.8. The number of piperidine rings is 1. The van der Waals surface area contributed by atoms with Crippen LogP contribution < -0.4 is 15.2 Å². The number of rotatable bonds is 5. The molecule has 8 heteroatoms. The van der Waals surface area contributed by atoms with E-state index >= 15 is 0 Å². The lowest BCUT2D eigenvalue weighted by atomic mass is 9.96. The minimum Gasteiger partial charge on any atom is -0.493 e. The summed E-state index contributed by atoms with van der Waals surface area (Å²) in [6.45, 7) is 4.97. The fraction of sp³-hybridized carbons (Fsp3) is 0.600. The lowest BCUT2D eigenvalue weighted by molar-refractivity contribution is -0.138. The van der Waals surface area contributed by atoms with Gasteiger partial charge in [0.2, 0.25) is 5.91 Å². The topological polar surface area (TPSA) is 88.3 Å². The molecule has 8 nitrogen and oxygen atoms in total. The van der Waals surface area contributed by atoms with E-state index in [0.717, 1.165) is 49.5 Å². The number of ether oxygens (including phenoxy) is 2. The number of hydrogen-bond donors (Lipinski definition) is 1. The predicted octanol–water partition coefficient (Wildman–Crippen LogP) is 1.14. The molecule has 0 aromatic heterocycles. The molecule has 2 heterocycles. The first-order chi connectivity index (χ1) is 13.5.